The lowest BCUT2D eigenvalue weighted by Crippen LogP contribution is -2.13. The maximum absolute atomic E-state index is 8.85. The molecule has 0 atom stereocenters. The molecule has 0 saturated heterocycles. The molecule has 1 aromatic carbocycles. The van der Waals surface area contributed by atoms with Gasteiger partial charge in [0.1, 0.15) is 6.54 Å². The van der Waals surface area contributed by atoms with E-state index in [1.54, 1.807) is 0 Å². The predicted octanol–water partition coefficient (Wildman–Crippen LogP) is 3.32. The Balaban J connectivity index is 2.38. The number of nitrogens with one attached hydrogen (secondary N) is 1. The van der Waals surface area contributed by atoms with Crippen LogP contribution in [0.2, 0.25) is 5.02 Å². The van der Waals surface area contributed by atoms with Crippen LogP contribution in [0.15, 0.2) is 24.4 Å². The van der Waals surface area contributed by atoms with Crippen molar-refractivity contribution in [1.82, 2.24) is 9.88 Å². The molecular weight excluding hydrogens is 246 g/mol. The number of nitriles is 1. The van der Waals surface area contributed by atoms with E-state index in [4.69, 9.17) is 16.9 Å². The fourth-order valence-electron chi connectivity index (χ4n) is 2.09. The molecule has 0 fully saturated rings. The lowest BCUT2D eigenvalue weighted by molar-refractivity contribution is 0.675. The van der Waals surface area contributed by atoms with Crippen molar-refractivity contribution in [3.05, 3.63) is 35.0 Å². The first kappa shape index (κ1) is 12.9. The zero-order chi connectivity index (χ0) is 13.0. The number of halogens is 1. The van der Waals surface area contributed by atoms with Gasteiger partial charge in [-0.3, -0.25) is 0 Å². The summed E-state index contributed by atoms with van der Waals surface area (Å²) in [6.45, 7) is 4.32. The van der Waals surface area contributed by atoms with Gasteiger partial charge in [0.2, 0.25) is 0 Å². The van der Waals surface area contributed by atoms with Crippen molar-refractivity contribution in [1.29, 1.82) is 5.26 Å². The van der Waals surface area contributed by atoms with Crippen molar-refractivity contribution < 1.29 is 0 Å². The summed E-state index contributed by atoms with van der Waals surface area (Å²) in [5.41, 5.74) is 2.24. The van der Waals surface area contributed by atoms with E-state index < -0.39 is 0 Å². The van der Waals surface area contributed by atoms with E-state index in [-0.39, 0.29) is 0 Å². The monoisotopic (exact) mass is 261 g/mol. The van der Waals surface area contributed by atoms with Gasteiger partial charge in [-0.25, -0.2) is 0 Å². The van der Waals surface area contributed by atoms with E-state index in [1.165, 1.54) is 10.9 Å². The summed E-state index contributed by atoms with van der Waals surface area (Å²) >= 11 is 6.01. The van der Waals surface area contributed by atoms with Crippen LogP contribution >= 0.6 is 11.6 Å². The van der Waals surface area contributed by atoms with Gasteiger partial charge >= 0.3 is 0 Å². The molecule has 0 aliphatic heterocycles. The lowest BCUT2D eigenvalue weighted by atomic mass is 10.2. The Kier molecular flexibility index (Phi) is 4.24. The van der Waals surface area contributed by atoms with Gasteiger partial charge in [0.05, 0.1) is 11.6 Å². The third-order valence-corrected chi connectivity index (χ3v) is 3.15. The van der Waals surface area contributed by atoms with Crippen LogP contribution in [0.25, 0.3) is 10.9 Å². The SMILES string of the molecule is CCCNCc1cn(CC#N)c2cc(Cl)ccc12. The summed E-state index contributed by atoms with van der Waals surface area (Å²) in [4.78, 5) is 0. The fraction of sp³-hybridized carbons (Fsp3) is 0.357. The van der Waals surface area contributed by atoms with E-state index >= 15 is 0 Å². The molecule has 3 nitrogen and oxygen atoms in total. The number of hydrogen-bond donors (Lipinski definition) is 1. The number of fused-ring (bicyclic) bond motifs is 1. The Morgan fingerprint density at radius 3 is 3.00 bits per heavy atom. The molecule has 2 aromatic rings. The Morgan fingerprint density at radius 2 is 2.28 bits per heavy atom. The van der Waals surface area contributed by atoms with Crippen molar-refractivity contribution in [3.8, 4) is 6.07 Å². The minimum absolute atomic E-state index is 0.352. The molecular formula is C14H16ClN3. The molecule has 0 saturated carbocycles. The second-order valence-electron chi connectivity index (χ2n) is 4.28. The minimum atomic E-state index is 0.352. The van der Waals surface area contributed by atoms with Crippen LogP contribution in [0.3, 0.4) is 0 Å². The number of hydrogen-bond acceptors (Lipinski definition) is 2. The van der Waals surface area contributed by atoms with E-state index in [1.807, 2.05) is 29.0 Å². The van der Waals surface area contributed by atoms with Gasteiger partial charge < -0.3 is 9.88 Å². The zero-order valence-corrected chi connectivity index (χ0v) is 11.2. The van der Waals surface area contributed by atoms with Crippen LogP contribution in [0, 0.1) is 11.3 Å². The first-order chi connectivity index (χ1) is 8.76. The van der Waals surface area contributed by atoms with Gasteiger partial charge in [0, 0.05) is 23.2 Å². The highest BCUT2D eigenvalue weighted by Crippen LogP contribution is 2.24. The van der Waals surface area contributed by atoms with E-state index in [9.17, 15) is 0 Å². The summed E-state index contributed by atoms with van der Waals surface area (Å²) in [5, 5.41) is 14.1. The van der Waals surface area contributed by atoms with Crippen LogP contribution in [-0.4, -0.2) is 11.1 Å². The molecule has 18 heavy (non-hydrogen) atoms. The summed E-state index contributed by atoms with van der Waals surface area (Å²) in [7, 11) is 0. The number of benzene rings is 1. The molecule has 1 heterocycles. The molecule has 1 N–H and O–H groups in total. The van der Waals surface area contributed by atoms with Gasteiger partial charge in [0.25, 0.3) is 0 Å². The van der Waals surface area contributed by atoms with Crippen LogP contribution in [0.1, 0.15) is 18.9 Å². The molecule has 4 heteroatoms. The molecule has 0 amide bonds. The molecule has 0 bridgehead atoms. The maximum atomic E-state index is 8.85. The summed E-state index contributed by atoms with van der Waals surface area (Å²) in [6, 6.07) is 8.01. The average Bonchev–Trinajstić information content (AvgIpc) is 2.68. The van der Waals surface area contributed by atoms with Crippen molar-refractivity contribution in [2.24, 2.45) is 0 Å². The summed E-state index contributed by atoms with van der Waals surface area (Å²) < 4.78 is 1.95. The Bertz CT molecular complexity index is 580. The van der Waals surface area contributed by atoms with Crippen molar-refractivity contribution in [3.63, 3.8) is 0 Å². The Labute approximate surface area is 112 Å². The van der Waals surface area contributed by atoms with Gasteiger partial charge in [0.15, 0.2) is 0 Å². The second kappa shape index (κ2) is 5.90. The fourth-order valence-corrected chi connectivity index (χ4v) is 2.26. The molecule has 0 radical (unpaired) electrons. The van der Waals surface area contributed by atoms with E-state index in [0.29, 0.717) is 11.6 Å². The number of rotatable bonds is 5. The first-order valence-electron chi connectivity index (χ1n) is 6.11. The second-order valence-corrected chi connectivity index (χ2v) is 4.72. The summed E-state index contributed by atoms with van der Waals surface area (Å²) in [6.07, 6.45) is 3.15. The van der Waals surface area contributed by atoms with Gasteiger partial charge in [-0.2, -0.15) is 5.26 Å². The topological polar surface area (TPSA) is 40.8 Å². The quantitative estimate of drug-likeness (QED) is 0.839. The number of aromatic nitrogens is 1. The molecule has 94 valence electrons. The highest BCUT2D eigenvalue weighted by molar-refractivity contribution is 6.31. The van der Waals surface area contributed by atoms with E-state index in [0.717, 1.165) is 25.0 Å². The van der Waals surface area contributed by atoms with E-state index in [2.05, 4.69) is 18.3 Å². The first-order valence-corrected chi connectivity index (χ1v) is 6.49. The van der Waals surface area contributed by atoms with Crippen molar-refractivity contribution in [2.75, 3.05) is 6.54 Å². The van der Waals surface area contributed by atoms with Crippen molar-refractivity contribution >= 4 is 22.5 Å². The third kappa shape index (κ3) is 2.66. The Morgan fingerprint density at radius 1 is 1.44 bits per heavy atom. The van der Waals surface area contributed by atoms with Gasteiger partial charge in [-0.05, 0) is 30.7 Å². The van der Waals surface area contributed by atoms with Gasteiger partial charge in [-0.15, -0.1) is 0 Å². The largest absolute Gasteiger partial charge is 0.333 e. The highest BCUT2D eigenvalue weighted by Gasteiger charge is 2.08. The predicted molar refractivity (Wildman–Crippen MR) is 74.6 cm³/mol. The maximum Gasteiger partial charge on any atom is 0.110 e. The zero-order valence-electron chi connectivity index (χ0n) is 10.4. The standard InChI is InChI=1S/C14H16ClN3/c1-2-6-17-9-11-10-18(7-5-16)14-8-12(15)3-4-13(11)14/h3-4,8,10,17H,2,6-7,9H2,1H3. The molecule has 0 spiro atoms. The Hall–Kier alpha value is -1.50. The molecule has 2 rings (SSSR count). The van der Waals surface area contributed by atoms with Crippen LogP contribution in [-0.2, 0) is 13.1 Å². The normalized spacial score (nSPS) is 10.7. The smallest absolute Gasteiger partial charge is 0.110 e. The number of nitrogens with zero attached hydrogens (tertiary/aromatic N) is 2. The van der Waals surface area contributed by atoms with Crippen LogP contribution in [0.5, 0.6) is 0 Å². The molecule has 1 aromatic heterocycles. The van der Waals surface area contributed by atoms with Gasteiger partial charge in [-0.1, -0.05) is 24.6 Å². The lowest BCUT2D eigenvalue weighted by Gasteiger charge is -2.01. The van der Waals surface area contributed by atoms with Crippen molar-refractivity contribution in [2.45, 2.75) is 26.4 Å². The molecule has 0 aliphatic rings. The minimum Gasteiger partial charge on any atom is -0.333 e. The average molecular weight is 262 g/mol. The highest BCUT2D eigenvalue weighted by atomic mass is 35.5. The molecule has 0 aliphatic carbocycles. The third-order valence-electron chi connectivity index (χ3n) is 2.91. The summed E-state index contributed by atoms with van der Waals surface area (Å²) in [5.74, 6) is 0. The van der Waals surface area contributed by atoms with Crippen LogP contribution < -0.4 is 5.32 Å². The molecule has 0 unspecified atom stereocenters. The van der Waals surface area contributed by atoms with Crippen LogP contribution in [0.4, 0.5) is 0 Å².